The maximum Gasteiger partial charge on any atom is 0.339 e. The van der Waals surface area contributed by atoms with Gasteiger partial charge in [-0.3, -0.25) is 4.99 Å². The average molecular weight is 461 g/mol. The first kappa shape index (κ1) is 20.1. The van der Waals surface area contributed by atoms with Gasteiger partial charge in [0, 0.05) is 11.0 Å². The number of carbonyl (C=O) groups excluding carboxylic acids is 1. The Morgan fingerprint density at radius 2 is 2.17 bits per heavy atom. The van der Waals surface area contributed by atoms with E-state index < -0.39 is 6.10 Å². The van der Waals surface area contributed by atoms with E-state index in [1.807, 2.05) is 17.6 Å². The van der Waals surface area contributed by atoms with Gasteiger partial charge in [-0.2, -0.15) is 0 Å². The zero-order valence-corrected chi connectivity index (χ0v) is 18.0. The van der Waals surface area contributed by atoms with Gasteiger partial charge in [-0.15, -0.1) is 0 Å². The summed E-state index contributed by atoms with van der Waals surface area (Å²) in [5.74, 6) is 0.488. The van der Waals surface area contributed by atoms with Crippen LogP contribution >= 0.6 is 15.9 Å². The number of aliphatic imine (C=N–C) groups is 1. The van der Waals surface area contributed by atoms with Gasteiger partial charge < -0.3 is 19.7 Å². The van der Waals surface area contributed by atoms with E-state index in [1.54, 1.807) is 12.7 Å². The van der Waals surface area contributed by atoms with E-state index in [-0.39, 0.29) is 5.97 Å². The lowest BCUT2D eigenvalue weighted by atomic mass is 9.85. The topological polar surface area (TPSA) is 88.7 Å². The number of imidazole rings is 1. The molecule has 1 aromatic heterocycles. The maximum atomic E-state index is 12.5. The van der Waals surface area contributed by atoms with Gasteiger partial charge in [0.05, 0.1) is 31.4 Å². The molecule has 29 heavy (non-hydrogen) atoms. The normalized spacial score (nSPS) is 17.8. The summed E-state index contributed by atoms with van der Waals surface area (Å²) >= 11 is 3.66. The van der Waals surface area contributed by atoms with Crippen molar-refractivity contribution in [1.82, 2.24) is 9.55 Å². The highest BCUT2D eigenvalue weighted by atomic mass is 79.9. The molecule has 7 nitrogen and oxygen atoms in total. The van der Waals surface area contributed by atoms with Gasteiger partial charge in [-0.25, -0.2) is 9.78 Å². The number of aryl methyl sites for hydroxylation is 2. The van der Waals surface area contributed by atoms with Crippen LogP contribution in [0.3, 0.4) is 0 Å². The van der Waals surface area contributed by atoms with Crippen LogP contribution in [0.1, 0.15) is 58.6 Å². The smallest absolute Gasteiger partial charge is 0.339 e. The van der Waals surface area contributed by atoms with Crippen molar-refractivity contribution in [3.8, 4) is 0 Å². The molecule has 0 fully saturated rings. The Morgan fingerprint density at radius 1 is 1.38 bits per heavy atom. The third-order valence-electron chi connectivity index (χ3n) is 5.55. The molecule has 2 aliphatic rings. The van der Waals surface area contributed by atoms with E-state index in [4.69, 9.17) is 4.74 Å². The molecule has 0 saturated carbocycles. The molecule has 2 N–H and O–H groups in total. The molecule has 0 radical (unpaired) electrons. The summed E-state index contributed by atoms with van der Waals surface area (Å²) in [6.45, 7) is 3.17. The van der Waals surface area contributed by atoms with Gasteiger partial charge in [-0.1, -0.05) is 0 Å². The summed E-state index contributed by atoms with van der Waals surface area (Å²) < 4.78 is 8.15. The predicted octanol–water partition coefficient (Wildman–Crippen LogP) is 3.43. The summed E-state index contributed by atoms with van der Waals surface area (Å²) in [4.78, 5) is 21.0. The van der Waals surface area contributed by atoms with Crippen LogP contribution in [0.2, 0.25) is 0 Å². The highest BCUT2D eigenvalue weighted by molar-refractivity contribution is 9.10. The highest BCUT2D eigenvalue weighted by Gasteiger charge is 2.24. The number of carbonyl (C=O) groups is 1. The molecule has 1 aromatic carbocycles. The van der Waals surface area contributed by atoms with Gasteiger partial charge in [0.2, 0.25) is 0 Å². The Kier molecular flexibility index (Phi) is 6.01. The zero-order chi connectivity index (χ0) is 20.4. The standard InChI is InChI=1S/C21H25BrN4O3/c1-2-29-21(28)16-9-13(14-5-3-4-6-15(14)18(16)22)7-8-26-12-25-19-17(27)10-23-11-24-20(19)26/h9,11-12,17,27H,2-8,10H2,1H3,(H,23,24)/t17-/m1/s1. The van der Waals surface area contributed by atoms with Crippen molar-refractivity contribution < 1.29 is 14.6 Å². The molecule has 1 aliphatic heterocycles. The molecule has 2 aromatic rings. The molecule has 0 amide bonds. The van der Waals surface area contributed by atoms with E-state index in [9.17, 15) is 9.90 Å². The first-order chi connectivity index (χ1) is 14.1. The fourth-order valence-corrected chi connectivity index (χ4v) is 4.84. The van der Waals surface area contributed by atoms with Crippen LogP contribution in [-0.2, 0) is 30.5 Å². The second-order valence-corrected chi connectivity index (χ2v) is 8.15. The minimum absolute atomic E-state index is 0.286. The van der Waals surface area contributed by atoms with Gasteiger partial charge in [0.15, 0.2) is 0 Å². The molecule has 1 aliphatic carbocycles. The van der Waals surface area contributed by atoms with Crippen molar-refractivity contribution in [2.24, 2.45) is 4.99 Å². The first-order valence-corrected chi connectivity index (χ1v) is 10.9. The van der Waals surface area contributed by atoms with Crippen LogP contribution in [0.15, 0.2) is 21.9 Å². The lowest BCUT2D eigenvalue weighted by Crippen LogP contribution is -2.15. The van der Waals surface area contributed by atoms with Crippen molar-refractivity contribution in [3.05, 3.63) is 44.8 Å². The fraction of sp³-hybridized carbons (Fsp3) is 0.476. The maximum absolute atomic E-state index is 12.5. The molecule has 0 spiro atoms. The zero-order valence-electron chi connectivity index (χ0n) is 16.4. The number of aliphatic hydroxyl groups excluding tert-OH is 1. The van der Waals surface area contributed by atoms with E-state index in [0.717, 1.165) is 42.4 Å². The Morgan fingerprint density at radius 3 is 2.97 bits per heavy atom. The lowest BCUT2D eigenvalue weighted by Gasteiger charge is -2.23. The number of nitrogens with zero attached hydrogens (tertiary/aromatic N) is 3. The van der Waals surface area contributed by atoms with Crippen LogP contribution in [0.4, 0.5) is 5.82 Å². The molecule has 8 heteroatoms. The van der Waals surface area contributed by atoms with Crippen LogP contribution in [0.5, 0.6) is 0 Å². The van der Waals surface area contributed by atoms with Crippen LogP contribution in [0.25, 0.3) is 0 Å². The molecule has 4 rings (SSSR count). The Balaban J connectivity index is 1.64. The summed E-state index contributed by atoms with van der Waals surface area (Å²) in [7, 11) is 0. The Labute approximate surface area is 178 Å². The van der Waals surface area contributed by atoms with Crippen molar-refractivity contribution in [3.63, 3.8) is 0 Å². The minimum Gasteiger partial charge on any atom is -0.462 e. The van der Waals surface area contributed by atoms with Crippen molar-refractivity contribution in [2.75, 3.05) is 18.5 Å². The lowest BCUT2D eigenvalue weighted by molar-refractivity contribution is 0.0525. The quantitative estimate of drug-likeness (QED) is 0.667. The van der Waals surface area contributed by atoms with Gasteiger partial charge in [0.1, 0.15) is 17.6 Å². The number of aromatic nitrogens is 2. The molecule has 154 valence electrons. The van der Waals surface area contributed by atoms with Gasteiger partial charge in [-0.05, 0) is 77.7 Å². The predicted molar refractivity (Wildman–Crippen MR) is 115 cm³/mol. The Hall–Kier alpha value is -2.19. The number of rotatable bonds is 5. The number of nitrogens with one attached hydrogen (secondary N) is 1. The third kappa shape index (κ3) is 3.96. The molecule has 1 atom stereocenters. The second-order valence-electron chi connectivity index (χ2n) is 7.36. The third-order valence-corrected chi connectivity index (χ3v) is 6.45. The van der Waals surface area contributed by atoms with Gasteiger partial charge >= 0.3 is 5.97 Å². The Bertz CT molecular complexity index is 954. The average Bonchev–Trinajstić information content (AvgIpc) is 3.04. The highest BCUT2D eigenvalue weighted by Crippen LogP contribution is 2.35. The number of benzene rings is 1. The minimum atomic E-state index is -0.701. The second kappa shape index (κ2) is 8.67. The molecule has 0 bridgehead atoms. The van der Waals surface area contributed by atoms with Crippen molar-refractivity contribution >= 4 is 34.1 Å². The molecule has 0 saturated heterocycles. The number of hydrogen-bond acceptors (Lipinski definition) is 6. The van der Waals surface area contributed by atoms with Crippen molar-refractivity contribution in [1.29, 1.82) is 0 Å². The number of esters is 1. The molecular formula is C21H25BrN4O3. The van der Waals surface area contributed by atoms with Crippen molar-refractivity contribution in [2.45, 2.75) is 51.7 Å². The SMILES string of the molecule is CCOC(=O)c1cc(CCn2cnc3c2NC=NC[C@H]3O)c2c(c1Br)CCCC2. The summed E-state index contributed by atoms with van der Waals surface area (Å²) in [6.07, 6.45) is 7.71. The van der Waals surface area contributed by atoms with E-state index in [1.165, 1.54) is 16.7 Å². The largest absolute Gasteiger partial charge is 0.462 e. The van der Waals surface area contributed by atoms with E-state index >= 15 is 0 Å². The number of fused-ring (bicyclic) bond motifs is 2. The van der Waals surface area contributed by atoms with Crippen LogP contribution < -0.4 is 5.32 Å². The van der Waals surface area contributed by atoms with Crippen LogP contribution in [-0.4, -0.2) is 40.1 Å². The number of anilines is 1. The summed E-state index contributed by atoms with van der Waals surface area (Å²) in [5, 5.41) is 13.3. The molecule has 0 unspecified atom stereocenters. The molecular weight excluding hydrogens is 436 g/mol. The number of aliphatic hydroxyl groups is 1. The molecule has 2 heterocycles. The monoisotopic (exact) mass is 460 g/mol. The number of halogens is 1. The van der Waals surface area contributed by atoms with Crippen LogP contribution in [0, 0.1) is 0 Å². The van der Waals surface area contributed by atoms with Gasteiger partial charge in [0.25, 0.3) is 0 Å². The summed E-state index contributed by atoms with van der Waals surface area (Å²) in [5.41, 5.74) is 4.98. The number of ether oxygens (including phenoxy) is 1. The fourth-order valence-electron chi connectivity index (χ4n) is 4.12. The summed E-state index contributed by atoms with van der Waals surface area (Å²) in [6, 6.07) is 1.98. The number of hydrogen-bond donors (Lipinski definition) is 2. The van der Waals surface area contributed by atoms with E-state index in [0.29, 0.717) is 31.0 Å². The van der Waals surface area contributed by atoms with E-state index in [2.05, 4.69) is 31.2 Å². The first-order valence-electron chi connectivity index (χ1n) is 10.1.